The topological polar surface area (TPSA) is 109 Å². The second kappa shape index (κ2) is 13.2. The first-order chi connectivity index (χ1) is 29.4. The van der Waals surface area contributed by atoms with E-state index in [1.807, 2.05) is 102 Å². The lowest BCUT2D eigenvalue weighted by molar-refractivity contribution is 0.103. The minimum atomic E-state index is -4.07. The summed E-state index contributed by atoms with van der Waals surface area (Å²) < 4.78 is 69.4. The van der Waals surface area contributed by atoms with Crippen LogP contribution in [0, 0.1) is 0 Å². The summed E-state index contributed by atoms with van der Waals surface area (Å²) in [4.78, 5) is 19.7. The molecule has 8 aromatic carbocycles. The molecule has 11 rings (SSSR count). The Morgan fingerprint density at radius 3 is 1.21 bits per heavy atom. The summed E-state index contributed by atoms with van der Waals surface area (Å²) in [7, 11) is -10.5. The Morgan fingerprint density at radius 2 is 0.721 bits per heavy atom. The maximum absolute atomic E-state index is 14.3. The average molecular weight is 853 g/mol. The molecule has 0 radical (unpaired) electrons. The molecule has 0 atom stereocenters. The van der Waals surface area contributed by atoms with Gasteiger partial charge >= 0.3 is 0 Å². The average Bonchev–Trinajstić information content (AvgIpc) is 3.29. The first kappa shape index (κ1) is 37.0. The molecule has 11 heteroatoms. The van der Waals surface area contributed by atoms with Gasteiger partial charge in [0.2, 0.25) is 19.7 Å². The van der Waals surface area contributed by atoms with Crippen molar-refractivity contribution in [2.75, 3.05) is 9.80 Å². The van der Waals surface area contributed by atoms with E-state index in [0.29, 0.717) is 32.3 Å². The van der Waals surface area contributed by atoms with Gasteiger partial charge in [-0.05, 0) is 125 Å². The van der Waals surface area contributed by atoms with Gasteiger partial charge < -0.3 is 9.80 Å². The third-order valence-corrected chi connectivity index (χ3v) is 17.5. The van der Waals surface area contributed by atoms with Gasteiger partial charge in [0.05, 0.1) is 52.1 Å². The fraction of sp³-hybridized carbons (Fsp3) is 0. The van der Waals surface area contributed by atoms with E-state index >= 15 is 0 Å². The molecule has 61 heavy (non-hydrogen) atoms. The molecule has 0 amide bonds. The Kier molecular flexibility index (Phi) is 8.02. The summed E-state index contributed by atoms with van der Waals surface area (Å²) in [6.07, 6.45) is 0. The molecule has 296 valence electrons. The second-order valence-corrected chi connectivity index (χ2v) is 21.1. The van der Waals surface area contributed by atoms with Crippen LogP contribution in [0.5, 0.6) is 0 Å². The molecule has 0 fully saturated rings. The molecule has 3 aliphatic heterocycles. The summed E-state index contributed by atoms with van der Waals surface area (Å²) in [5, 5.41) is 0. The fourth-order valence-electron chi connectivity index (χ4n) is 8.74. The van der Waals surface area contributed by atoms with Gasteiger partial charge in [-0.1, -0.05) is 84.9 Å². The summed E-state index contributed by atoms with van der Waals surface area (Å²) in [5.41, 5.74) is 7.23. The van der Waals surface area contributed by atoms with Crippen molar-refractivity contribution in [2.24, 2.45) is 0 Å². The predicted octanol–water partition coefficient (Wildman–Crippen LogP) is 10.9. The Morgan fingerprint density at radius 1 is 0.344 bits per heavy atom. The Labute approximate surface area is 353 Å². The number of carbonyl (C=O) groups is 1. The molecule has 0 N–H and O–H groups in total. The van der Waals surface area contributed by atoms with Crippen molar-refractivity contribution in [2.45, 2.75) is 29.4 Å². The zero-order valence-corrected chi connectivity index (χ0v) is 34.5. The minimum absolute atomic E-state index is 0.0446. The number of rotatable bonds is 4. The zero-order chi connectivity index (χ0) is 41.8. The van der Waals surface area contributed by atoms with E-state index < -0.39 is 29.2 Å². The first-order valence-electron chi connectivity index (χ1n) is 19.3. The highest BCUT2D eigenvalue weighted by Gasteiger charge is 2.37. The second-order valence-electron chi connectivity index (χ2n) is 15.1. The normalized spacial score (nSPS) is 16.0. The smallest absolute Gasteiger partial charge is 0.210 e. The number of nitrogens with zero attached hydrogens (tertiary/aromatic N) is 2. The molecule has 8 aromatic rings. The maximum atomic E-state index is 14.3. The van der Waals surface area contributed by atoms with Crippen molar-refractivity contribution >= 4 is 75.0 Å². The highest BCUT2D eigenvalue weighted by atomic mass is 32.2. The predicted molar refractivity (Wildman–Crippen MR) is 239 cm³/mol. The standard InChI is InChI=1S/C50H32N2O6S3/c1-59(54)45-14-6-2-10-40(45)51(41-11-3-7-15-46(41)59)36-26-20-33(21-27-36)35-22-28-38-49(31-35)60(55,56)44-29-23-34(30-39(44)50(38)53)32-18-24-37(25-19-32)52-42-12-4-8-16-47(42)61(57,58)48-17-9-5-13-43(48)52/h2-31H,1H2. The number of hydrogen-bond acceptors (Lipinski definition) is 8. The van der Waals surface area contributed by atoms with Crippen LogP contribution in [0.15, 0.2) is 211 Å². The van der Waals surface area contributed by atoms with Crippen LogP contribution >= 0.6 is 0 Å². The minimum Gasteiger partial charge on any atom is -0.308 e. The Bertz CT molecular complexity index is 3440. The van der Waals surface area contributed by atoms with Gasteiger partial charge in [0, 0.05) is 32.0 Å². The largest absolute Gasteiger partial charge is 0.308 e. The van der Waals surface area contributed by atoms with Gasteiger partial charge in [-0.15, -0.1) is 0 Å². The number of para-hydroxylation sites is 4. The van der Waals surface area contributed by atoms with Gasteiger partial charge in [-0.25, -0.2) is 16.8 Å². The fourth-order valence-corrected chi connectivity index (χ4v) is 13.8. The number of sulfone groups is 2. The highest BCUT2D eigenvalue weighted by Crippen LogP contribution is 2.50. The summed E-state index contributed by atoms with van der Waals surface area (Å²) in [6, 6.07) is 53.8. The number of carbonyl (C=O) groups excluding carboxylic acids is 1. The van der Waals surface area contributed by atoms with Gasteiger partial charge in [0.15, 0.2) is 5.78 Å². The van der Waals surface area contributed by atoms with Crippen molar-refractivity contribution in [3.63, 3.8) is 0 Å². The quantitative estimate of drug-likeness (QED) is 0.161. The van der Waals surface area contributed by atoms with Gasteiger partial charge in [-0.2, -0.15) is 0 Å². The number of hydrogen-bond donors (Lipinski definition) is 0. The van der Waals surface area contributed by atoms with Crippen LogP contribution in [0.3, 0.4) is 0 Å². The van der Waals surface area contributed by atoms with Crippen LogP contribution in [0.4, 0.5) is 34.1 Å². The van der Waals surface area contributed by atoms with E-state index in [1.54, 1.807) is 78.9 Å². The lowest BCUT2D eigenvalue weighted by Gasteiger charge is -2.35. The van der Waals surface area contributed by atoms with Crippen molar-refractivity contribution in [3.05, 3.63) is 193 Å². The molecular formula is C50H32N2O6S3. The van der Waals surface area contributed by atoms with E-state index in [1.165, 1.54) is 6.07 Å². The zero-order valence-electron chi connectivity index (χ0n) is 32.1. The molecular weight excluding hydrogens is 821 g/mol. The summed E-state index contributed by atoms with van der Waals surface area (Å²) >= 11 is 0. The van der Waals surface area contributed by atoms with Crippen molar-refractivity contribution in [3.8, 4) is 22.3 Å². The molecule has 0 aliphatic carbocycles. The molecule has 0 aromatic heterocycles. The molecule has 0 saturated heterocycles. The maximum Gasteiger partial charge on any atom is 0.210 e. The highest BCUT2D eigenvalue weighted by molar-refractivity contribution is 8.00. The molecule has 0 saturated carbocycles. The monoisotopic (exact) mass is 852 g/mol. The van der Waals surface area contributed by atoms with E-state index in [0.717, 1.165) is 33.9 Å². The molecule has 3 heterocycles. The first-order valence-corrected chi connectivity index (χ1v) is 24.0. The van der Waals surface area contributed by atoms with Crippen LogP contribution < -0.4 is 9.80 Å². The molecule has 0 bridgehead atoms. The van der Waals surface area contributed by atoms with Crippen molar-refractivity contribution in [1.29, 1.82) is 0 Å². The van der Waals surface area contributed by atoms with Gasteiger partial charge in [0.1, 0.15) is 0 Å². The van der Waals surface area contributed by atoms with Crippen molar-refractivity contribution < 1.29 is 25.8 Å². The number of benzene rings is 8. The summed E-state index contributed by atoms with van der Waals surface area (Å²) in [6.45, 7) is 0. The van der Waals surface area contributed by atoms with Crippen LogP contribution in [0.2, 0.25) is 0 Å². The van der Waals surface area contributed by atoms with Crippen LogP contribution in [0.1, 0.15) is 15.9 Å². The lowest BCUT2D eigenvalue weighted by atomic mass is 9.95. The van der Waals surface area contributed by atoms with Gasteiger partial charge in [0.25, 0.3) is 0 Å². The number of ketones is 1. The van der Waals surface area contributed by atoms with E-state index in [9.17, 15) is 25.8 Å². The Balaban J connectivity index is 0.904. The van der Waals surface area contributed by atoms with Crippen LogP contribution in [0.25, 0.3) is 22.3 Å². The lowest BCUT2D eigenvalue weighted by Crippen LogP contribution is -2.22. The van der Waals surface area contributed by atoms with E-state index in [-0.39, 0.29) is 36.5 Å². The van der Waals surface area contributed by atoms with Crippen LogP contribution in [-0.2, 0) is 29.2 Å². The molecule has 0 unspecified atom stereocenters. The number of anilines is 6. The summed E-state index contributed by atoms with van der Waals surface area (Å²) in [5.74, 6) is 3.74. The van der Waals surface area contributed by atoms with Gasteiger partial charge in [-0.3, -0.25) is 9.00 Å². The number of fused-ring (bicyclic) bond motifs is 6. The molecule has 0 spiro atoms. The SMILES string of the molecule is C=S1(=O)c2ccccc2N(c2ccc(-c3ccc4c(c3)S(=O)(=O)c3ccc(-c5ccc(N6c7ccccc7S(=O)(=O)c7ccccc76)cc5)cc3C4=O)cc2)c2ccccc21. The van der Waals surface area contributed by atoms with E-state index in [4.69, 9.17) is 0 Å². The third kappa shape index (κ3) is 5.44. The Hall–Kier alpha value is -7.05. The third-order valence-electron chi connectivity index (χ3n) is 11.7. The molecule has 3 aliphatic rings. The van der Waals surface area contributed by atoms with E-state index in [2.05, 4.69) is 10.8 Å². The van der Waals surface area contributed by atoms with Crippen molar-refractivity contribution in [1.82, 2.24) is 0 Å². The van der Waals surface area contributed by atoms with Crippen LogP contribution in [-0.4, -0.2) is 32.7 Å². The molecule has 8 nitrogen and oxygen atoms in total.